The third kappa shape index (κ3) is 4.20. The van der Waals surface area contributed by atoms with Crippen molar-refractivity contribution in [3.05, 3.63) is 41.5 Å². The monoisotopic (exact) mass is 378 g/mol. The number of rotatable bonds is 9. The molecular weight excluding hydrogens is 352 g/mol. The number of aliphatic hydroxyl groups is 2. The lowest BCUT2D eigenvalue weighted by atomic mass is 9.89. The molecule has 27 heavy (non-hydrogen) atoms. The number of ether oxygens (including phenoxy) is 5. The minimum absolute atomic E-state index is 0.271. The van der Waals surface area contributed by atoms with Gasteiger partial charge in [0.1, 0.15) is 0 Å². The Morgan fingerprint density at radius 3 is 1.67 bits per heavy atom. The van der Waals surface area contributed by atoms with Crippen molar-refractivity contribution in [2.24, 2.45) is 0 Å². The molecule has 0 radical (unpaired) electrons. The van der Waals surface area contributed by atoms with Crippen LogP contribution in [0.25, 0.3) is 0 Å². The molecule has 2 atom stereocenters. The van der Waals surface area contributed by atoms with Crippen molar-refractivity contribution in [3.63, 3.8) is 0 Å². The van der Waals surface area contributed by atoms with Crippen LogP contribution in [0.1, 0.15) is 23.1 Å². The first-order valence-corrected chi connectivity index (χ1v) is 8.35. The second-order valence-corrected chi connectivity index (χ2v) is 5.81. The third-order valence-electron chi connectivity index (χ3n) is 4.44. The number of methoxy groups -OCH3 is 5. The molecule has 0 aliphatic heterocycles. The highest BCUT2D eigenvalue weighted by molar-refractivity contribution is 5.55. The van der Waals surface area contributed by atoms with Gasteiger partial charge in [-0.05, 0) is 35.4 Å². The van der Waals surface area contributed by atoms with Gasteiger partial charge in [0, 0.05) is 5.92 Å². The van der Waals surface area contributed by atoms with Gasteiger partial charge in [0.05, 0.1) is 48.3 Å². The summed E-state index contributed by atoms with van der Waals surface area (Å²) in [5.74, 6) is 1.78. The van der Waals surface area contributed by atoms with E-state index in [1.807, 2.05) is 0 Å². The molecule has 0 aromatic heterocycles. The van der Waals surface area contributed by atoms with E-state index in [-0.39, 0.29) is 6.61 Å². The smallest absolute Gasteiger partial charge is 0.203 e. The van der Waals surface area contributed by atoms with Crippen molar-refractivity contribution in [3.8, 4) is 28.7 Å². The average Bonchev–Trinajstić information content (AvgIpc) is 2.72. The molecule has 2 N–H and O–H groups in total. The van der Waals surface area contributed by atoms with Crippen LogP contribution in [0.5, 0.6) is 28.7 Å². The predicted molar refractivity (Wildman–Crippen MR) is 100 cm³/mol. The lowest BCUT2D eigenvalue weighted by molar-refractivity contribution is 0.106. The first-order valence-electron chi connectivity index (χ1n) is 8.35. The van der Waals surface area contributed by atoms with Gasteiger partial charge in [0.15, 0.2) is 23.0 Å². The molecule has 0 unspecified atom stereocenters. The molecule has 0 aliphatic carbocycles. The summed E-state index contributed by atoms with van der Waals surface area (Å²) < 4.78 is 26.5. The molecule has 0 spiro atoms. The minimum atomic E-state index is -1.01. The Kier molecular flexibility index (Phi) is 7.15. The van der Waals surface area contributed by atoms with Crippen LogP contribution in [0.3, 0.4) is 0 Å². The first kappa shape index (κ1) is 20.7. The summed E-state index contributed by atoms with van der Waals surface area (Å²) in [6, 6.07) is 8.58. The maximum absolute atomic E-state index is 10.9. The Bertz CT molecular complexity index is 735. The fourth-order valence-corrected chi connectivity index (χ4v) is 2.98. The van der Waals surface area contributed by atoms with Crippen molar-refractivity contribution in [1.82, 2.24) is 0 Å². The summed E-state index contributed by atoms with van der Waals surface area (Å²) in [6.45, 7) is -0.271. The number of benzene rings is 2. The summed E-state index contributed by atoms with van der Waals surface area (Å²) in [4.78, 5) is 0. The molecule has 0 aliphatic rings. The molecule has 148 valence electrons. The van der Waals surface area contributed by atoms with E-state index in [0.29, 0.717) is 39.9 Å². The Hall–Kier alpha value is -2.64. The Labute approximate surface area is 159 Å². The van der Waals surface area contributed by atoms with Gasteiger partial charge in [-0.15, -0.1) is 0 Å². The van der Waals surface area contributed by atoms with Gasteiger partial charge >= 0.3 is 0 Å². The van der Waals surface area contributed by atoms with E-state index in [1.54, 1.807) is 37.4 Å². The van der Waals surface area contributed by atoms with Crippen LogP contribution in [0.4, 0.5) is 0 Å². The quantitative estimate of drug-likeness (QED) is 0.693. The van der Waals surface area contributed by atoms with Gasteiger partial charge in [-0.3, -0.25) is 0 Å². The van der Waals surface area contributed by atoms with Crippen LogP contribution >= 0.6 is 0 Å². The third-order valence-corrected chi connectivity index (χ3v) is 4.44. The van der Waals surface area contributed by atoms with Crippen LogP contribution in [0, 0.1) is 0 Å². The maximum Gasteiger partial charge on any atom is 0.203 e. The van der Waals surface area contributed by atoms with E-state index in [4.69, 9.17) is 23.7 Å². The number of aliphatic hydroxyl groups excluding tert-OH is 2. The molecule has 0 saturated heterocycles. The van der Waals surface area contributed by atoms with Crippen molar-refractivity contribution >= 4 is 0 Å². The molecule has 2 aromatic carbocycles. The minimum Gasteiger partial charge on any atom is -0.493 e. The zero-order valence-electron chi connectivity index (χ0n) is 16.2. The highest BCUT2D eigenvalue weighted by Gasteiger charge is 2.26. The van der Waals surface area contributed by atoms with Crippen molar-refractivity contribution in [2.45, 2.75) is 12.0 Å². The number of hydrogen-bond acceptors (Lipinski definition) is 7. The SMILES string of the molecule is COc1ccc([C@H](CO)[C@@H](O)c2cc(OC)c(OC)c(OC)c2)cc1OC. The van der Waals surface area contributed by atoms with E-state index < -0.39 is 12.0 Å². The van der Waals surface area contributed by atoms with Crippen molar-refractivity contribution < 1.29 is 33.9 Å². The summed E-state index contributed by atoms with van der Waals surface area (Å²) >= 11 is 0. The Morgan fingerprint density at radius 1 is 0.704 bits per heavy atom. The Balaban J connectivity index is 2.46. The average molecular weight is 378 g/mol. The van der Waals surface area contributed by atoms with Crippen LogP contribution in [0.15, 0.2) is 30.3 Å². The van der Waals surface area contributed by atoms with E-state index in [0.717, 1.165) is 0 Å². The van der Waals surface area contributed by atoms with E-state index in [2.05, 4.69) is 0 Å². The standard InChI is InChI=1S/C20H26O7/c1-23-15-7-6-12(8-16(15)24-2)14(11-21)19(22)13-9-17(25-3)20(27-5)18(10-13)26-4/h6-10,14,19,21-22H,11H2,1-5H3/t14-,19-/m0/s1. The topological polar surface area (TPSA) is 86.6 Å². The van der Waals surface area contributed by atoms with Crippen molar-refractivity contribution in [2.75, 3.05) is 42.2 Å². The van der Waals surface area contributed by atoms with Gasteiger partial charge < -0.3 is 33.9 Å². The zero-order valence-corrected chi connectivity index (χ0v) is 16.2. The molecule has 0 fully saturated rings. The van der Waals surface area contributed by atoms with Crippen molar-refractivity contribution in [1.29, 1.82) is 0 Å². The van der Waals surface area contributed by atoms with Gasteiger partial charge in [0.2, 0.25) is 5.75 Å². The van der Waals surface area contributed by atoms with Gasteiger partial charge in [-0.25, -0.2) is 0 Å². The molecule has 0 saturated carbocycles. The van der Waals surface area contributed by atoms with E-state index in [9.17, 15) is 10.2 Å². The summed E-state index contributed by atoms with van der Waals surface area (Å²) in [6.07, 6.45) is -1.01. The highest BCUT2D eigenvalue weighted by Crippen LogP contribution is 2.43. The fourth-order valence-electron chi connectivity index (χ4n) is 2.98. The number of hydrogen-bond donors (Lipinski definition) is 2. The zero-order chi connectivity index (χ0) is 20.0. The van der Waals surface area contributed by atoms with Gasteiger partial charge in [0.25, 0.3) is 0 Å². The highest BCUT2D eigenvalue weighted by atomic mass is 16.5. The molecule has 2 rings (SSSR count). The molecular formula is C20H26O7. The molecule has 0 heterocycles. The lowest BCUT2D eigenvalue weighted by Crippen LogP contribution is -2.15. The Morgan fingerprint density at radius 2 is 1.22 bits per heavy atom. The largest absolute Gasteiger partial charge is 0.493 e. The first-order chi connectivity index (χ1) is 13.0. The summed E-state index contributed by atoms with van der Waals surface area (Å²) in [5, 5.41) is 20.9. The molecule has 7 heteroatoms. The van der Waals surface area contributed by atoms with Crippen LogP contribution in [-0.2, 0) is 0 Å². The summed E-state index contributed by atoms with van der Waals surface area (Å²) in [5.41, 5.74) is 1.23. The lowest BCUT2D eigenvalue weighted by Gasteiger charge is -2.24. The molecule has 7 nitrogen and oxygen atoms in total. The second-order valence-electron chi connectivity index (χ2n) is 5.81. The van der Waals surface area contributed by atoms with Crippen LogP contribution in [0.2, 0.25) is 0 Å². The van der Waals surface area contributed by atoms with Gasteiger partial charge in [-0.2, -0.15) is 0 Å². The van der Waals surface area contributed by atoms with Crippen LogP contribution in [-0.4, -0.2) is 52.4 Å². The second kappa shape index (κ2) is 9.34. The van der Waals surface area contributed by atoms with Crippen LogP contribution < -0.4 is 23.7 Å². The van der Waals surface area contributed by atoms with Gasteiger partial charge in [-0.1, -0.05) is 6.07 Å². The predicted octanol–water partition coefficient (Wildman–Crippen LogP) is 2.54. The normalized spacial score (nSPS) is 12.9. The fraction of sp³-hybridized carbons (Fsp3) is 0.400. The molecule has 0 bridgehead atoms. The van der Waals surface area contributed by atoms with E-state index >= 15 is 0 Å². The maximum atomic E-state index is 10.9. The van der Waals surface area contributed by atoms with E-state index in [1.165, 1.54) is 28.4 Å². The summed E-state index contributed by atoms with van der Waals surface area (Å²) in [7, 11) is 7.60. The molecule has 2 aromatic rings. The molecule has 0 amide bonds.